The molecule has 0 atom stereocenters. The molecule has 0 aliphatic heterocycles. The van der Waals surface area contributed by atoms with Crippen LogP contribution in [-0.2, 0) is 0 Å². The van der Waals surface area contributed by atoms with Gasteiger partial charge >= 0.3 is 0 Å². The summed E-state index contributed by atoms with van der Waals surface area (Å²) in [5.41, 5.74) is 5.36. The fourth-order valence-corrected chi connectivity index (χ4v) is 2.87. The zero-order valence-corrected chi connectivity index (χ0v) is 15.6. The monoisotopic (exact) mass is 361 g/mol. The summed E-state index contributed by atoms with van der Waals surface area (Å²) in [6.45, 7) is 4.14. The predicted molar refractivity (Wildman–Crippen MR) is 110 cm³/mol. The lowest BCUT2D eigenvalue weighted by Crippen LogP contribution is -2.04. The maximum absolute atomic E-state index is 6.19. The highest BCUT2D eigenvalue weighted by molar-refractivity contribution is 6.34. The van der Waals surface area contributed by atoms with Crippen molar-refractivity contribution >= 4 is 34.0 Å². The van der Waals surface area contributed by atoms with Gasteiger partial charge < -0.3 is 0 Å². The maximum Gasteiger partial charge on any atom is 0.107 e. The first-order valence-electron chi connectivity index (χ1n) is 8.59. The average molecular weight is 362 g/mol. The van der Waals surface area contributed by atoms with Gasteiger partial charge in [-0.15, -0.1) is 0 Å². The van der Waals surface area contributed by atoms with Crippen LogP contribution in [0.1, 0.15) is 25.8 Å². The summed E-state index contributed by atoms with van der Waals surface area (Å²) < 4.78 is 0. The summed E-state index contributed by atoms with van der Waals surface area (Å²) in [4.78, 5) is 13.7. The van der Waals surface area contributed by atoms with Crippen molar-refractivity contribution < 1.29 is 0 Å². The number of benzene rings is 1. The quantitative estimate of drug-likeness (QED) is 0.394. The van der Waals surface area contributed by atoms with E-state index in [1.807, 2.05) is 43.3 Å². The van der Waals surface area contributed by atoms with Crippen molar-refractivity contribution in [1.29, 1.82) is 0 Å². The first-order valence-corrected chi connectivity index (χ1v) is 8.97. The summed E-state index contributed by atoms with van der Waals surface area (Å²) >= 11 is 6.19. The summed E-state index contributed by atoms with van der Waals surface area (Å²) in [5.74, 6) is 0. The molecule has 0 fully saturated rings. The largest absolute Gasteiger partial charge is 0.254 e. The second-order valence-electron chi connectivity index (χ2n) is 5.75. The zero-order chi connectivity index (χ0) is 18.4. The molecule has 130 valence electrons. The molecule has 2 heterocycles. The summed E-state index contributed by atoms with van der Waals surface area (Å²) in [5, 5.41) is 0.594. The molecule has 0 aliphatic rings. The average Bonchev–Trinajstić information content (AvgIpc) is 2.68. The molecule has 3 aromatic rings. The molecule has 1 aromatic carbocycles. The van der Waals surface area contributed by atoms with E-state index in [2.05, 4.69) is 35.1 Å². The van der Waals surface area contributed by atoms with Crippen LogP contribution < -0.4 is 0 Å². The molecule has 0 saturated heterocycles. The lowest BCUT2D eigenvalue weighted by atomic mass is 9.99. The number of allylic oxidation sites excluding steroid dienone is 4. The number of halogens is 1. The first-order chi connectivity index (χ1) is 12.7. The van der Waals surface area contributed by atoms with Crippen molar-refractivity contribution in [2.24, 2.45) is 4.99 Å². The molecule has 26 heavy (non-hydrogen) atoms. The normalized spacial score (nSPS) is 12.9. The van der Waals surface area contributed by atoms with Crippen molar-refractivity contribution in [2.45, 2.75) is 20.3 Å². The third kappa shape index (κ3) is 4.06. The van der Waals surface area contributed by atoms with Crippen molar-refractivity contribution in [1.82, 2.24) is 9.97 Å². The molecule has 0 spiro atoms. The van der Waals surface area contributed by atoms with Gasteiger partial charge in [0.15, 0.2) is 0 Å². The molecule has 3 nitrogen and oxygen atoms in total. The second kappa shape index (κ2) is 8.54. The van der Waals surface area contributed by atoms with Gasteiger partial charge in [0.1, 0.15) is 5.52 Å². The van der Waals surface area contributed by atoms with E-state index in [0.29, 0.717) is 10.5 Å². The lowest BCUT2D eigenvalue weighted by molar-refractivity contribution is 1.16. The summed E-state index contributed by atoms with van der Waals surface area (Å²) in [7, 11) is 0. The minimum absolute atomic E-state index is 0.594. The Morgan fingerprint density at radius 2 is 1.96 bits per heavy atom. The number of hydrogen-bond acceptors (Lipinski definition) is 3. The van der Waals surface area contributed by atoms with E-state index in [1.165, 1.54) is 0 Å². The Balaban J connectivity index is 2.15. The van der Waals surface area contributed by atoms with Crippen LogP contribution in [0.15, 0.2) is 83.7 Å². The van der Waals surface area contributed by atoms with E-state index in [-0.39, 0.29) is 0 Å². The van der Waals surface area contributed by atoms with E-state index in [1.54, 1.807) is 18.5 Å². The Kier molecular flexibility index (Phi) is 5.92. The van der Waals surface area contributed by atoms with Crippen LogP contribution in [0.2, 0.25) is 5.02 Å². The zero-order valence-electron chi connectivity index (χ0n) is 14.9. The molecule has 2 aromatic heterocycles. The summed E-state index contributed by atoms with van der Waals surface area (Å²) in [6.07, 6.45) is 10.5. The van der Waals surface area contributed by atoms with Gasteiger partial charge in [-0.25, -0.2) is 4.99 Å². The highest BCUT2D eigenvalue weighted by Crippen LogP contribution is 2.25. The third-order valence-corrected chi connectivity index (χ3v) is 4.28. The second-order valence-corrected chi connectivity index (χ2v) is 6.16. The molecule has 0 bridgehead atoms. The van der Waals surface area contributed by atoms with Crippen LogP contribution in [0.25, 0.3) is 11.0 Å². The van der Waals surface area contributed by atoms with Crippen molar-refractivity contribution in [2.75, 3.05) is 0 Å². The Labute approximate surface area is 158 Å². The molecule has 0 N–H and O–H groups in total. The van der Waals surface area contributed by atoms with Gasteiger partial charge in [-0.1, -0.05) is 67.1 Å². The Morgan fingerprint density at radius 1 is 1.15 bits per heavy atom. The van der Waals surface area contributed by atoms with Gasteiger partial charge in [0, 0.05) is 11.8 Å². The van der Waals surface area contributed by atoms with Crippen molar-refractivity contribution in [3.05, 3.63) is 89.2 Å². The number of aliphatic imine (C=N–C) groups is 1. The van der Waals surface area contributed by atoms with Gasteiger partial charge in [-0.3, -0.25) is 9.97 Å². The van der Waals surface area contributed by atoms with E-state index < -0.39 is 0 Å². The van der Waals surface area contributed by atoms with Gasteiger partial charge in [-0.2, -0.15) is 0 Å². The lowest BCUT2D eigenvalue weighted by Gasteiger charge is -2.10. The molecule has 3 rings (SSSR count). The standard InChI is InChI=1S/C22H20ClN3/c1-3-5-9-16(4-2)21(17-10-7-6-8-11-17)26-18-14-20-22(25-15-18)19(23)12-13-24-20/h3,5-15H,4H2,1-2H3/b5-3-,16-9+,26-21?. The fourth-order valence-electron chi connectivity index (χ4n) is 2.67. The van der Waals surface area contributed by atoms with Crippen LogP contribution in [-0.4, -0.2) is 15.7 Å². The minimum atomic E-state index is 0.594. The van der Waals surface area contributed by atoms with Gasteiger partial charge in [0.25, 0.3) is 0 Å². The molecule has 0 saturated carbocycles. The first kappa shape index (κ1) is 18.0. The molecular weight excluding hydrogens is 342 g/mol. The fraction of sp³-hybridized carbons (Fsp3) is 0.136. The topological polar surface area (TPSA) is 38.1 Å². The molecule has 4 heteroatoms. The predicted octanol–water partition coefficient (Wildman–Crippen LogP) is 6.32. The van der Waals surface area contributed by atoms with Crippen LogP contribution in [0.4, 0.5) is 5.69 Å². The van der Waals surface area contributed by atoms with Crippen LogP contribution in [0.5, 0.6) is 0 Å². The Hall–Kier alpha value is -2.78. The van der Waals surface area contributed by atoms with Crippen molar-refractivity contribution in [3.8, 4) is 0 Å². The molecular formula is C22H20ClN3. The number of aromatic nitrogens is 2. The highest BCUT2D eigenvalue weighted by atomic mass is 35.5. The van der Waals surface area contributed by atoms with Gasteiger partial charge in [0.2, 0.25) is 0 Å². The van der Waals surface area contributed by atoms with Gasteiger partial charge in [0.05, 0.1) is 28.1 Å². The Bertz CT molecular complexity index is 989. The van der Waals surface area contributed by atoms with E-state index in [4.69, 9.17) is 16.6 Å². The SMILES string of the molecule is C/C=C\C=C(/CC)C(=Nc1cnc2c(Cl)ccnc2c1)c1ccccc1. The third-order valence-electron chi connectivity index (χ3n) is 3.98. The smallest absolute Gasteiger partial charge is 0.107 e. The van der Waals surface area contributed by atoms with Crippen LogP contribution >= 0.6 is 11.6 Å². The van der Waals surface area contributed by atoms with E-state index >= 15 is 0 Å². The number of rotatable bonds is 5. The molecule has 0 aliphatic carbocycles. The summed E-state index contributed by atoms with van der Waals surface area (Å²) in [6, 6.07) is 13.8. The number of fused-ring (bicyclic) bond motifs is 1. The van der Waals surface area contributed by atoms with E-state index in [0.717, 1.165) is 34.5 Å². The number of hydrogen-bond donors (Lipinski definition) is 0. The maximum atomic E-state index is 6.19. The van der Waals surface area contributed by atoms with Crippen molar-refractivity contribution in [3.63, 3.8) is 0 Å². The highest BCUT2D eigenvalue weighted by Gasteiger charge is 2.09. The number of nitrogens with zero attached hydrogens (tertiary/aromatic N) is 3. The molecule has 0 amide bonds. The minimum Gasteiger partial charge on any atom is -0.254 e. The Morgan fingerprint density at radius 3 is 2.69 bits per heavy atom. The van der Waals surface area contributed by atoms with E-state index in [9.17, 15) is 0 Å². The molecule has 0 radical (unpaired) electrons. The van der Waals surface area contributed by atoms with Crippen LogP contribution in [0.3, 0.4) is 0 Å². The van der Waals surface area contributed by atoms with Crippen LogP contribution in [0, 0.1) is 0 Å². The van der Waals surface area contributed by atoms with Gasteiger partial charge in [-0.05, 0) is 31.1 Å². The number of pyridine rings is 2. The molecule has 0 unspecified atom stereocenters.